The predicted molar refractivity (Wildman–Crippen MR) is 171 cm³/mol. The molecule has 3 aromatic carbocycles. The number of nitrogens with zero attached hydrogens (tertiary/aromatic N) is 4. The predicted octanol–water partition coefficient (Wildman–Crippen LogP) is 5.44. The Bertz CT molecular complexity index is 1850. The number of hydrogen-bond donors (Lipinski definition) is 4. The van der Waals surface area contributed by atoms with Gasteiger partial charge >= 0.3 is 0 Å². The first-order valence-corrected chi connectivity index (χ1v) is 15.1. The van der Waals surface area contributed by atoms with Gasteiger partial charge in [0, 0.05) is 35.4 Å². The molecule has 2 unspecified atom stereocenters. The molecule has 0 saturated heterocycles. The number of pyridine rings is 1. The molecule has 8 nitrogen and oxygen atoms in total. The van der Waals surface area contributed by atoms with Crippen LogP contribution in [0.4, 0.5) is 15.8 Å². The molecule has 1 aliphatic heterocycles. The second-order valence-electron chi connectivity index (χ2n) is 11.9. The summed E-state index contributed by atoms with van der Waals surface area (Å²) >= 11 is 6.88. The summed E-state index contributed by atoms with van der Waals surface area (Å²) in [6, 6.07) is 25.1. The highest BCUT2D eigenvalue weighted by molar-refractivity contribution is 6.36. The number of fused-ring (bicyclic) bond motifs is 1. The SMILES string of the molecule is BC(Nc1cc(Cl)c2ncc(C#N)c(NC(c3ccccc3)[C@H]3C[C@@H]3C#N)c2c1)(C1=CN(C2CC2)NN1)c1ccc(F)cc1. The lowest BCUT2D eigenvalue weighted by Gasteiger charge is -2.34. The molecule has 2 saturated carbocycles. The van der Waals surface area contributed by atoms with Gasteiger partial charge in [0.15, 0.2) is 0 Å². The quantitative estimate of drug-likeness (QED) is 0.188. The summed E-state index contributed by atoms with van der Waals surface area (Å²) in [5, 5.41) is 30.2. The van der Waals surface area contributed by atoms with Gasteiger partial charge in [0.2, 0.25) is 0 Å². The van der Waals surface area contributed by atoms with E-state index in [0.717, 1.165) is 36.1 Å². The van der Waals surface area contributed by atoms with Crippen LogP contribution in [0.5, 0.6) is 0 Å². The van der Waals surface area contributed by atoms with Crippen LogP contribution in [-0.4, -0.2) is 23.9 Å². The molecule has 2 aliphatic carbocycles. The molecule has 1 aromatic heterocycles. The molecule has 0 bridgehead atoms. The van der Waals surface area contributed by atoms with E-state index in [-0.39, 0.29) is 23.7 Å². The van der Waals surface area contributed by atoms with E-state index in [2.05, 4.69) is 43.7 Å². The summed E-state index contributed by atoms with van der Waals surface area (Å²) in [4.78, 5) is 4.55. The van der Waals surface area contributed by atoms with Crippen molar-refractivity contribution in [1.82, 2.24) is 21.0 Å². The van der Waals surface area contributed by atoms with Gasteiger partial charge in [-0.2, -0.15) is 10.5 Å². The van der Waals surface area contributed by atoms with Crippen molar-refractivity contribution in [1.29, 1.82) is 10.5 Å². The number of nitriles is 2. The van der Waals surface area contributed by atoms with Gasteiger partial charge in [-0.05, 0) is 54.7 Å². The van der Waals surface area contributed by atoms with Crippen molar-refractivity contribution in [2.45, 2.75) is 36.8 Å². The standard InChI is InChI=1S/C33H29BClFN8/c34-33(22-6-8-23(36)9-7-22,29-18-44(43-42-29)25-10-11-25)41-24-13-27-31(21(16-38)17-39-32(27)28(35)14-24)40-30(26-12-20(26)15-37)19-4-2-1-3-5-19/h1-9,13-14,17-18,20,25-26,30,41-43H,10-12,34H2,(H,39,40)/t20-,26+,30?,33?/m1/s1. The van der Waals surface area contributed by atoms with Gasteiger partial charge in [-0.15, -0.1) is 5.53 Å². The molecule has 0 spiro atoms. The topological polar surface area (TPSA) is 112 Å². The molecule has 2 heterocycles. The van der Waals surface area contributed by atoms with Crippen LogP contribution in [0.2, 0.25) is 5.02 Å². The average molecular weight is 603 g/mol. The third-order valence-corrected chi connectivity index (χ3v) is 9.11. The summed E-state index contributed by atoms with van der Waals surface area (Å²) in [6.07, 6.45) is 6.59. The van der Waals surface area contributed by atoms with Crippen molar-refractivity contribution < 1.29 is 4.39 Å². The Morgan fingerprint density at radius 2 is 1.89 bits per heavy atom. The number of hydrazine groups is 2. The van der Waals surface area contributed by atoms with E-state index in [0.29, 0.717) is 38.9 Å². The van der Waals surface area contributed by atoms with Crippen LogP contribution in [0, 0.1) is 40.3 Å². The van der Waals surface area contributed by atoms with Crippen molar-refractivity contribution in [2.24, 2.45) is 11.8 Å². The number of halogens is 2. The van der Waals surface area contributed by atoms with E-state index in [9.17, 15) is 14.9 Å². The van der Waals surface area contributed by atoms with E-state index in [4.69, 9.17) is 11.6 Å². The van der Waals surface area contributed by atoms with E-state index < -0.39 is 5.44 Å². The third kappa shape index (κ3) is 5.17. The number of aromatic nitrogens is 1. The summed E-state index contributed by atoms with van der Waals surface area (Å²) < 4.78 is 14.0. The normalized spacial score (nSPS) is 20.9. The zero-order valence-corrected chi connectivity index (χ0v) is 24.7. The van der Waals surface area contributed by atoms with Gasteiger partial charge in [-0.1, -0.05) is 54.1 Å². The van der Waals surface area contributed by atoms with Gasteiger partial charge in [-0.3, -0.25) is 9.99 Å². The van der Waals surface area contributed by atoms with Gasteiger partial charge in [0.25, 0.3) is 0 Å². The van der Waals surface area contributed by atoms with Crippen molar-refractivity contribution >= 4 is 41.7 Å². The Kier molecular flexibility index (Phi) is 7.05. The number of nitrogens with one attached hydrogen (secondary N) is 4. The minimum absolute atomic E-state index is 0.0559. The van der Waals surface area contributed by atoms with Gasteiger partial charge < -0.3 is 16.1 Å². The molecule has 44 heavy (non-hydrogen) atoms. The third-order valence-electron chi connectivity index (χ3n) is 8.82. The van der Waals surface area contributed by atoms with Crippen LogP contribution in [0.3, 0.4) is 0 Å². The van der Waals surface area contributed by atoms with Gasteiger partial charge in [-0.25, -0.2) is 4.39 Å². The number of benzene rings is 3. The van der Waals surface area contributed by atoms with Crippen molar-refractivity contribution in [3.63, 3.8) is 0 Å². The minimum atomic E-state index is -0.810. The monoisotopic (exact) mass is 602 g/mol. The van der Waals surface area contributed by atoms with Crippen molar-refractivity contribution in [3.05, 3.63) is 112 Å². The van der Waals surface area contributed by atoms with E-state index >= 15 is 0 Å². The lowest BCUT2D eigenvalue weighted by Crippen LogP contribution is -2.45. The Hall–Kier alpha value is -4.77. The summed E-state index contributed by atoms with van der Waals surface area (Å²) in [5.41, 5.74) is 10.7. The molecule has 2 fully saturated rings. The van der Waals surface area contributed by atoms with Crippen LogP contribution < -0.4 is 21.6 Å². The zero-order valence-electron chi connectivity index (χ0n) is 24.0. The van der Waals surface area contributed by atoms with Crippen molar-refractivity contribution in [3.8, 4) is 12.1 Å². The van der Waals surface area contributed by atoms with Gasteiger partial charge in [0.1, 0.15) is 19.7 Å². The maximum atomic E-state index is 14.0. The molecule has 218 valence electrons. The molecular formula is C33H29BClFN8. The Morgan fingerprint density at radius 1 is 1.11 bits per heavy atom. The highest BCUT2D eigenvalue weighted by Crippen LogP contribution is 2.49. The highest BCUT2D eigenvalue weighted by atomic mass is 35.5. The van der Waals surface area contributed by atoms with Crippen LogP contribution in [0.1, 0.15) is 42.0 Å². The lowest BCUT2D eigenvalue weighted by molar-refractivity contribution is 0.260. The van der Waals surface area contributed by atoms with Crippen LogP contribution in [0.15, 0.2) is 84.8 Å². The summed E-state index contributed by atoms with van der Waals surface area (Å²) in [6.45, 7) is 0. The zero-order chi connectivity index (χ0) is 30.4. The molecule has 4 atom stereocenters. The molecule has 7 rings (SSSR count). The first kappa shape index (κ1) is 28.0. The fourth-order valence-corrected chi connectivity index (χ4v) is 6.32. The Labute approximate surface area is 260 Å². The molecule has 0 amide bonds. The fourth-order valence-electron chi connectivity index (χ4n) is 6.06. The molecule has 3 aliphatic rings. The largest absolute Gasteiger partial charge is 0.378 e. The van der Waals surface area contributed by atoms with E-state index in [1.54, 1.807) is 12.1 Å². The van der Waals surface area contributed by atoms with E-state index in [1.165, 1.54) is 18.3 Å². The van der Waals surface area contributed by atoms with Crippen LogP contribution >= 0.6 is 11.6 Å². The first-order chi connectivity index (χ1) is 21.4. The summed E-state index contributed by atoms with van der Waals surface area (Å²) in [7, 11) is 2.03. The second-order valence-corrected chi connectivity index (χ2v) is 12.3. The summed E-state index contributed by atoms with van der Waals surface area (Å²) in [5.74, 6) is -0.262. The Morgan fingerprint density at radius 3 is 2.57 bits per heavy atom. The molecule has 4 N–H and O–H groups in total. The molecule has 4 aromatic rings. The smallest absolute Gasteiger partial charge is 0.148 e. The maximum absolute atomic E-state index is 14.0. The fraction of sp³-hybridized carbons (Fsp3) is 0.242. The van der Waals surface area contributed by atoms with Crippen LogP contribution in [0.25, 0.3) is 10.9 Å². The Balaban J connectivity index is 1.32. The minimum Gasteiger partial charge on any atom is -0.378 e. The number of hydrogen-bond acceptors (Lipinski definition) is 8. The average Bonchev–Trinajstić information content (AvgIpc) is 3.98. The molecule has 0 radical (unpaired) electrons. The number of anilines is 2. The van der Waals surface area contributed by atoms with Gasteiger partial charge in [0.05, 0.1) is 51.0 Å². The molecular weight excluding hydrogens is 574 g/mol. The first-order valence-electron chi connectivity index (χ1n) is 14.7. The second kappa shape index (κ2) is 11.1. The number of rotatable bonds is 9. The molecule has 11 heteroatoms. The van der Waals surface area contributed by atoms with Crippen molar-refractivity contribution in [2.75, 3.05) is 10.6 Å². The van der Waals surface area contributed by atoms with E-state index in [1.807, 2.05) is 56.5 Å². The maximum Gasteiger partial charge on any atom is 0.148 e. The lowest BCUT2D eigenvalue weighted by atomic mass is 9.69. The highest BCUT2D eigenvalue weighted by Gasteiger charge is 2.44. The van der Waals surface area contributed by atoms with Crippen LogP contribution in [-0.2, 0) is 5.44 Å².